The van der Waals surface area contributed by atoms with Crippen LogP contribution in [0.4, 0.5) is 0 Å². The van der Waals surface area contributed by atoms with Gasteiger partial charge >= 0.3 is 0 Å². The summed E-state index contributed by atoms with van der Waals surface area (Å²) in [6.45, 7) is -0.0163. The van der Waals surface area contributed by atoms with Gasteiger partial charge < -0.3 is 16.2 Å². The van der Waals surface area contributed by atoms with Crippen LogP contribution in [0.25, 0.3) is 0 Å². The Balaban J connectivity index is 2.59. The number of amides is 2. The van der Waals surface area contributed by atoms with Gasteiger partial charge in [0, 0.05) is 6.54 Å². The highest BCUT2D eigenvalue weighted by atomic mass is 32.2. The molecule has 0 radical (unpaired) electrons. The summed E-state index contributed by atoms with van der Waals surface area (Å²) in [6.07, 6.45) is 0.591. The summed E-state index contributed by atoms with van der Waals surface area (Å²) in [5, 5.41) is 11.4. The zero-order valence-corrected chi connectivity index (χ0v) is 10.8. The average molecular weight is 279 g/mol. The van der Waals surface area contributed by atoms with Crippen molar-refractivity contribution in [2.24, 2.45) is 5.73 Å². The monoisotopic (exact) mass is 279 g/mol. The van der Waals surface area contributed by atoms with Gasteiger partial charge in [0.05, 0.1) is 12.8 Å². The van der Waals surface area contributed by atoms with Crippen LogP contribution in [0.2, 0.25) is 0 Å². The number of carbonyl (C=O) groups excluding carboxylic acids is 2. The minimum absolute atomic E-state index is 0.301. The summed E-state index contributed by atoms with van der Waals surface area (Å²) >= 11 is 0. The van der Waals surface area contributed by atoms with Gasteiger partial charge in [-0.1, -0.05) is 0 Å². The maximum absolute atomic E-state index is 11.7. The molecule has 4 N–H and O–H groups in total. The summed E-state index contributed by atoms with van der Waals surface area (Å²) in [7, 11) is -3.43. The molecule has 2 unspecified atom stereocenters. The Hall–Kier alpha value is -1.19. The SMILES string of the molecule is CS(=O)(=O)N1CCCC1C(=O)NCC(O)C(N)=O. The van der Waals surface area contributed by atoms with Crippen molar-refractivity contribution in [1.82, 2.24) is 9.62 Å². The van der Waals surface area contributed by atoms with Gasteiger partial charge in [-0.15, -0.1) is 0 Å². The molecule has 9 heteroatoms. The van der Waals surface area contributed by atoms with E-state index in [1.54, 1.807) is 0 Å². The molecule has 0 aliphatic carbocycles. The molecule has 2 amide bonds. The van der Waals surface area contributed by atoms with E-state index in [2.05, 4.69) is 5.32 Å². The predicted octanol–water partition coefficient (Wildman–Crippen LogP) is -2.63. The molecular formula is C9H17N3O5S. The lowest BCUT2D eigenvalue weighted by atomic mass is 10.2. The smallest absolute Gasteiger partial charge is 0.248 e. The molecule has 0 saturated carbocycles. The lowest BCUT2D eigenvalue weighted by Crippen LogP contribution is -2.48. The van der Waals surface area contributed by atoms with Crippen LogP contribution in [-0.2, 0) is 19.6 Å². The second-order valence-electron chi connectivity index (χ2n) is 4.20. The molecular weight excluding hydrogens is 262 g/mol. The molecule has 0 aromatic carbocycles. The summed E-state index contributed by atoms with van der Waals surface area (Å²) in [4.78, 5) is 22.3. The van der Waals surface area contributed by atoms with E-state index >= 15 is 0 Å². The van der Waals surface area contributed by atoms with Crippen molar-refractivity contribution < 1.29 is 23.1 Å². The Kier molecular flexibility index (Phi) is 4.65. The number of hydrogen-bond acceptors (Lipinski definition) is 5. The van der Waals surface area contributed by atoms with E-state index in [9.17, 15) is 18.0 Å². The number of primary amides is 1. The van der Waals surface area contributed by atoms with E-state index in [0.29, 0.717) is 19.4 Å². The first-order valence-corrected chi connectivity index (χ1v) is 7.30. The van der Waals surface area contributed by atoms with Crippen LogP contribution in [0.5, 0.6) is 0 Å². The first-order chi connectivity index (χ1) is 8.23. The molecule has 0 aromatic rings. The van der Waals surface area contributed by atoms with Crippen molar-refractivity contribution in [2.45, 2.75) is 25.0 Å². The van der Waals surface area contributed by atoms with Gasteiger partial charge in [-0.25, -0.2) is 8.42 Å². The highest BCUT2D eigenvalue weighted by Crippen LogP contribution is 2.20. The fraction of sp³-hybridized carbons (Fsp3) is 0.778. The van der Waals surface area contributed by atoms with E-state index in [1.807, 2.05) is 0 Å². The molecule has 1 fully saturated rings. The van der Waals surface area contributed by atoms with Crippen LogP contribution >= 0.6 is 0 Å². The van der Waals surface area contributed by atoms with Crippen molar-refractivity contribution in [3.63, 3.8) is 0 Å². The van der Waals surface area contributed by atoms with E-state index in [4.69, 9.17) is 10.8 Å². The number of carbonyl (C=O) groups is 2. The molecule has 1 rings (SSSR count). The van der Waals surface area contributed by atoms with Crippen molar-refractivity contribution >= 4 is 21.8 Å². The Morgan fingerprint density at radius 1 is 1.56 bits per heavy atom. The number of aliphatic hydroxyl groups is 1. The van der Waals surface area contributed by atoms with Crippen LogP contribution in [0.1, 0.15) is 12.8 Å². The molecule has 0 aromatic heterocycles. The molecule has 1 saturated heterocycles. The van der Waals surface area contributed by atoms with Gasteiger partial charge in [0.25, 0.3) is 0 Å². The standard InChI is InChI=1S/C9H17N3O5S/c1-18(16,17)12-4-2-3-6(12)9(15)11-5-7(13)8(10)14/h6-7,13H,2-5H2,1H3,(H2,10,14)(H,11,15). The predicted molar refractivity (Wildman–Crippen MR) is 62.8 cm³/mol. The topological polar surface area (TPSA) is 130 Å². The summed E-state index contributed by atoms with van der Waals surface area (Å²) in [5.74, 6) is -1.47. The van der Waals surface area contributed by atoms with Crippen LogP contribution in [0.15, 0.2) is 0 Å². The Morgan fingerprint density at radius 3 is 2.67 bits per heavy atom. The number of nitrogens with two attached hydrogens (primary N) is 1. The molecule has 8 nitrogen and oxygen atoms in total. The second-order valence-corrected chi connectivity index (χ2v) is 6.13. The zero-order valence-electron chi connectivity index (χ0n) is 10.00. The van der Waals surface area contributed by atoms with Crippen molar-refractivity contribution in [2.75, 3.05) is 19.3 Å². The van der Waals surface area contributed by atoms with E-state index in [1.165, 1.54) is 0 Å². The van der Waals surface area contributed by atoms with Crippen LogP contribution in [-0.4, -0.2) is 61.1 Å². The fourth-order valence-corrected chi connectivity index (χ4v) is 2.94. The number of aliphatic hydroxyl groups excluding tert-OH is 1. The third-order valence-electron chi connectivity index (χ3n) is 2.73. The number of hydrogen-bond donors (Lipinski definition) is 3. The first-order valence-electron chi connectivity index (χ1n) is 5.45. The summed E-state index contributed by atoms with van der Waals surface area (Å²) in [6, 6.07) is -0.778. The maximum Gasteiger partial charge on any atom is 0.248 e. The molecule has 1 aliphatic rings. The van der Waals surface area contributed by atoms with E-state index < -0.39 is 34.0 Å². The Labute approximate surface area is 105 Å². The molecule has 2 atom stereocenters. The molecule has 104 valence electrons. The molecule has 1 heterocycles. The van der Waals surface area contributed by atoms with Gasteiger partial charge in [0.2, 0.25) is 21.8 Å². The second kappa shape index (κ2) is 5.63. The zero-order chi connectivity index (χ0) is 13.9. The normalized spacial score (nSPS) is 22.7. The minimum atomic E-state index is -3.43. The number of nitrogens with zero attached hydrogens (tertiary/aromatic N) is 1. The molecule has 1 aliphatic heterocycles. The van der Waals surface area contributed by atoms with Gasteiger partial charge in [-0.05, 0) is 12.8 Å². The maximum atomic E-state index is 11.7. The Bertz CT molecular complexity index is 435. The number of nitrogens with one attached hydrogen (secondary N) is 1. The van der Waals surface area contributed by atoms with E-state index in [0.717, 1.165) is 10.6 Å². The van der Waals surface area contributed by atoms with Crippen molar-refractivity contribution in [3.8, 4) is 0 Å². The number of sulfonamides is 1. The minimum Gasteiger partial charge on any atom is -0.381 e. The van der Waals surface area contributed by atoms with Crippen molar-refractivity contribution in [3.05, 3.63) is 0 Å². The third-order valence-corrected chi connectivity index (χ3v) is 4.02. The van der Waals surface area contributed by atoms with Gasteiger partial charge in [-0.2, -0.15) is 4.31 Å². The molecule has 0 spiro atoms. The van der Waals surface area contributed by atoms with Gasteiger partial charge in [0.15, 0.2) is 0 Å². The Morgan fingerprint density at radius 2 is 2.17 bits per heavy atom. The summed E-state index contributed by atoms with van der Waals surface area (Å²) in [5.41, 5.74) is 4.83. The fourth-order valence-electron chi connectivity index (χ4n) is 1.81. The van der Waals surface area contributed by atoms with Crippen LogP contribution in [0, 0.1) is 0 Å². The third kappa shape index (κ3) is 3.65. The van der Waals surface area contributed by atoms with Gasteiger partial charge in [0.1, 0.15) is 12.1 Å². The number of rotatable bonds is 5. The molecule has 0 bridgehead atoms. The lowest BCUT2D eigenvalue weighted by molar-refractivity contribution is -0.128. The molecule has 18 heavy (non-hydrogen) atoms. The lowest BCUT2D eigenvalue weighted by Gasteiger charge is -2.21. The van der Waals surface area contributed by atoms with Crippen LogP contribution < -0.4 is 11.1 Å². The first kappa shape index (κ1) is 14.9. The van der Waals surface area contributed by atoms with Crippen molar-refractivity contribution in [1.29, 1.82) is 0 Å². The van der Waals surface area contributed by atoms with Gasteiger partial charge in [-0.3, -0.25) is 9.59 Å². The van der Waals surface area contributed by atoms with E-state index in [-0.39, 0.29) is 6.54 Å². The largest absolute Gasteiger partial charge is 0.381 e. The average Bonchev–Trinajstić information content (AvgIpc) is 2.73. The highest BCUT2D eigenvalue weighted by Gasteiger charge is 2.36. The summed E-state index contributed by atoms with van der Waals surface area (Å²) < 4.78 is 23.9. The quantitative estimate of drug-likeness (QED) is 0.507. The highest BCUT2D eigenvalue weighted by molar-refractivity contribution is 7.88. The van der Waals surface area contributed by atoms with Crippen LogP contribution in [0.3, 0.4) is 0 Å².